The number of hydrogen-bond donors (Lipinski definition) is 1. The molecule has 0 bridgehead atoms. The molecule has 1 N–H and O–H groups in total. The van der Waals surface area contributed by atoms with Crippen LogP contribution in [0.4, 0.5) is 0 Å². The van der Waals surface area contributed by atoms with Gasteiger partial charge in [0.2, 0.25) is 0 Å². The summed E-state index contributed by atoms with van der Waals surface area (Å²) in [7, 11) is 3.22. The zero-order valence-electron chi connectivity index (χ0n) is 15.2. The van der Waals surface area contributed by atoms with Gasteiger partial charge in [-0.2, -0.15) is 0 Å². The summed E-state index contributed by atoms with van der Waals surface area (Å²) in [6, 6.07) is 8.01. The largest absolute Gasteiger partial charge is 0.492 e. The Labute approximate surface area is 167 Å². The first-order valence-electron chi connectivity index (χ1n) is 8.37. The maximum atomic E-state index is 11.6. The van der Waals surface area contributed by atoms with Gasteiger partial charge >= 0.3 is 5.97 Å². The fourth-order valence-electron chi connectivity index (χ4n) is 2.86. The van der Waals surface area contributed by atoms with Crippen molar-refractivity contribution in [3.05, 3.63) is 29.8 Å². The fourth-order valence-corrected chi connectivity index (χ4v) is 2.86. The summed E-state index contributed by atoms with van der Waals surface area (Å²) in [5.41, 5.74) is 1.18. The van der Waals surface area contributed by atoms with E-state index in [-0.39, 0.29) is 35.9 Å². The molecule has 1 aromatic carbocycles. The predicted octanol–water partition coefficient (Wildman–Crippen LogP) is 2.45. The number of methoxy groups -OCH3 is 1. The molecule has 25 heavy (non-hydrogen) atoms. The Hall–Kier alpha value is -1.51. The van der Waals surface area contributed by atoms with E-state index in [9.17, 15) is 4.79 Å². The number of piperidine rings is 1. The number of guanidine groups is 1. The molecule has 6 nitrogen and oxygen atoms in total. The second kappa shape index (κ2) is 11.2. The van der Waals surface area contributed by atoms with E-state index in [1.165, 1.54) is 12.7 Å². The van der Waals surface area contributed by atoms with Crippen LogP contribution in [-0.4, -0.2) is 57.2 Å². The van der Waals surface area contributed by atoms with Crippen molar-refractivity contribution in [2.75, 3.05) is 40.4 Å². The molecular formula is C18H28IN3O3. The number of hydrogen-bond acceptors (Lipinski definition) is 4. The van der Waals surface area contributed by atoms with Gasteiger partial charge in [0, 0.05) is 20.1 Å². The Balaban J connectivity index is 0.00000312. The molecule has 1 aliphatic rings. The van der Waals surface area contributed by atoms with Crippen LogP contribution in [0.3, 0.4) is 0 Å². The summed E-state index contributed by atoms with van der Waals surface area (Å²) in [4.78, 5) is 18.1. The average molecular weight is 461 g/mol. The zero-order valence-corrected chi connectivity index (χ0v) is 17.5. The highest BCUT2D eigenvalue weighted by molar-refractivity contribution is 14.0. The van der Waals surface area contributed by atoms with Crippen molar-refractivity contribution in [1.29, 1.82) is 0 Å². The average Bonchev–Trinajstić information content (AvgIpc) is 2.61. The summed E-state index contributed by atoms with van der Waals surface area (Å²) in [6.45, 7) is 4.90. The highest BCUT2D eigenvalue weighted by Gasteiger charge is 2.26. The number of carbonyl (C=O) groups excluding carboxylic acids is 1. The van der Waals surface area contributed by atoms with Gasteiger partial charge in [0.25, 0.3) is 0 Å². The van der Waals surface area contributed by atoms with Crippen LogP contribution in [0.5, 0.6) is 5.75 Å². The number of aliphatic imine (C=N–C) groups is 1. The SMILES string of the molecule is CN=C(NCCOc1cccc(C)c1)N1CCC(C(=O)OC)CC1.I. The normalized spacial score (nSPS) is 15.3. The van der Waals surface area contributed by atoms with Gasteiger partial charge in [-0.05, 0) is 37.5 Å². The molecule has 2 rings (SSSR count). The lowest BCUT2D eigenvalue weighted by Crippen LogP contribution is -2.47. The first-order chi connectivity index (χ1) is 11.6. The van der Waals surface area contributed by atoms with E-state index < -0.39 is 0 Å². The molecule has 7 heteroatoms. The van der Waals surface area contributed by atoms with Crippen LogP contribution in [0.25, 0.3) is 0 Å². The van der Waals surface area contributed by atoms with Gasteiger partial charge in [0.15, 0.2) is 5.96 Å². The van der Waals surface area contributed by atoms with Crippen LogP contribution in [0, 0.1) is 12.8 Å². The first kappa shape index (κ1) is 21.5. The Bertz CT molecular complexity index is 572. The van der Waals surface area contributed by atoms with E-state index in [2.05, 4.69) is 15.2 Å². The first-order valence-corrected chi connectivity index (χ1v) is 8.37. The number of halogens is 1. The van der Waals surface area contributed by atoms with Crippen molar-refractivity contribution in [2.24, 2.45) is 10.9 Å². The van der Waals surface area contributed by atoms with Crippen molar-refractivity contribution < 1.29 is 14.3 Å². The van der Waals surface area contributed by atoms with E-state index in [0.29, 0.717) is 13.2 Å². The van der Waals surface area contributed by atoms with Gasteiger partial charge in [-0.1, -0.05) is 12.1 Å². The van der Waals surface area contributed by atoms with Gasteiger partial charge < -0.3 is 19.7 Å². The number of rotatable bonds is 5. The van der Waals surface area contributed by atoms with Crippen molar-refractivity contribution >= 4 is 35.9 Å². The summed E-state index contributed by atoms with van der Waals surface area (Å²) >= 11 is 0. The van der Waals surface area contributed by atoms with Crippen LogP contribution in [0.15, 0.2) is 29.3 Å². The molecule has 0 amide bonds. The molecule has 1 heterocycles. The highest BCUT2D eigenvalue weighted by Crippen LogP contribution is 2.18. The van der Waals surface area contributed by atoms with Gasteiger partial charge in [0.1, 0.15) is 12.4 Å². The number of nitrogens with zero attached hydrogens (tertiary/aromatic N) is 2. The minimum Gasteiger partial charge on any atom is -0.492 e. The number of esters is 1. The third-order valence-corrected chi connectivity index (χ3v) is 4.18. The maximum absolute atomic E-state index is 11.6. The molecule has 1 saturated heterocycles. The summed E-state index contributed by atoms with van der Waals surface area (Å²) in [6.07, 6.45) is 1.60. The van der Waals surface area contributed by atoms with E-state index in [1.807, 2.05) is 31.2 Å². The molecule has 0 radical (unpaired) electrons. The molecule has 0 aromatic heterocycles. The number of nitrogens with one attached hydrogen (secondary N) is 1. The van der Waals surface area contributed by atoms with E-state index >= 15 is 0 Å². The minimum atomic E-state index is -0.107. The molecular weight excluding hydrogens is 433 g/mol. The Morgan fingerprint density at radius 3 is 2.68 bits per heavy atom. The lowest BCUT2D eigenvalue weighted by molar-refractivity contribution is -0.146. The second-order valence-electron chi connectivity index (χ2n) is 5.92. The lowest BCUT2D eigenvalue weighted by Gasteiger charge is -2.33. The molecule has 1 aromatic rings. The van der Waals surface area contributed by atoms with Crippen molar-refractivity contribution in [2.45, 2.75) is 19.8 Å². The van der Waals surface area contributed by atoms with Crippen molar-refractivity contribution in [3.8, 4) is 5.75 Å². The van der Waals surface area contributed by atoms with Gasteiger partial charge in [-0.25, -0.2) is 0 Å². The monoisotopic (exact) mass is 461 g/mol. The number of carbonyl (C=O) groups is 1. The van der Waals surface area contributed by atoms with Crippen LogP contribution in [0.2, 0.25) is 0 Å². The molecule has 0 saturated carbocycles. The number of ether oxygens (including phenoxy) is 2. The Morgan fingerprint density at radius 1 is 1.36 bits per heavy atom. The number of likely N-dealkylation sites (tertiary alicyclic amines) is 1. The summed E-state index contributed by atoms with van der Waals surface area (Å²) in [5.74, 6) is 1.63. The van der Waals surface area contributed by atoms with E-state index in [1.54, 1.807) is 7.05 Å². The molecule has 0 aliphatic carbocycles. The third-order valence-electron chi connectivity index (χ3n) is 4.18. The standard InChI is InChI=1S/C18H27N3O3.HI/c1-14-5-4-6-16(13-14)24-12-9-20-18(19-2)21-10-7-15(8-11-21)17(22)23-3;/h4-6,13,15H,7-12H2,1-3H3,(H,19,20);1H. The van der Waals surface area contributed by atoms with Crippen LogP contribution < -0.4 is 10.1 Å². The van der Waals surface area contributed by atoms with Gasteiger partial charge in [0.05, 0.1) is 19.6 Å². The maximum Gasteiger partial charge on any atom is 0.308 e. The lowest BCUT2D eigenvalue weighted by atomic mass is 9.97. The highest BCUT2D eigenvalue weighted by atomic mass is 127. The predicted molar refractivity (Wildman–Crippen MR) is 110 cm³/mol. The van der Waals surface area contributed by atoms with Gasteiger partial charge in [-0.3, -0.25) is 9.79 Å². The summed E-state index contributed by atoms with van der Waals surface area (Å²) < 4.78 is 10.6. The fraction of sp³-hybridized carbons (Fsp3) is 0.556. The Kier molecular flexibility index (Phi) is 9.62. The molecule has 0 atom stereocenters. The zero-order chi connectivity index (χ0) is 17.4. The quantitative estimate of drug-likeness (QED) is 0.240. The second-order valence-corrected chi connectivity index (χ2v) is 5.92. The smallest absolute Gasteiger partial charge is 0.308 e. The molecule has 1 aliphatic heterocycles. The number of benzene rings is 1. The molecule has 0 spiro atoms. The Morgan fingerprint density at radius 2 is 2.08 bits per heavy atom. The summed E-state index contributed by atoms with van der Waals surface area (Å²) in [5, 5.41) is 3.32. The van der Waals surface area contributed by atoms with Crippen LogP contribution >= 0.6 is 24.0 Å². The van der Waals surface area contributed by atoms with E-state index in [0.717, 1.165) is 37.6 Å². The van der Waals surface area contributed by atoms with Crippen molar-refractivity contribution in [3.63, 3.8) is 0 Å². The topological polar surface area (TPSA) is 63.2 Å². The third kappa shape index (κ3) is 6.72. The molecule has 0 unspecified atom stereocenters. The number of aryl methyl sites for hydroxylation is 1. The van der Waals surface area contributed by atoms with Crippen LogP contribution in [0.1, 0.15) is 18.4 Å². The minimum absolute atomic E-state index is 0. The van der Waals surface area contributed by atoms with E-state index in [4.69, 9.17) is 9.47 Å². The molecule has 1 fully saturated rings. The van der Waals surface area contributed by atoms with Gasteiger partial charge in [-0.15, -0.1) is 24.0 Å². The van der Waals surface area contributed by atoms with Crippen LogP contribution in [-0.2, 0) is 9.53 Å². The van der Waals surface area contributed by atoms with Crippen molar-refractivity contribution in [1.82, 2.24) is 10.2 Å². The molecule has 140 valence electrons.